The van der Waals surface area contributed by atoms with Gasteiger partial charge in [0.15, 0.2) is 11.5 Å². The van der Waals surface area contributed by atoms with E-state index in [0.717, 1.165) is 30.0 Å². The van der Waals surface area contributed by atoms with Crippen LogP contribution in [0.4, 0.5) is 0 Å². The maximum Gasteiger partial charge on any atom is 0.197 e. The van der Waals surface area contributed by atoms with Gasteiger partial charge in [-0.2, -0.15) is 0 Å². The minimum absolute atomic E-state index is 0.219. The normalized spacial score (nSPS) is 12.7. The van der Waals surface area contributed by atoms with E-state index in [9.17, 15) is 0 Å². The summed E-state index contributed by atoms with van der Waals surface area (Å²) in [6, 6.07) is 16.6. The minimum Gasteiger partial charge on any atom is -0.441 e. The number of fused-ring (bicyclic) bond motifs is 1. The Balaban J connectivity index is 1.90. The molecule has 0 saturated carbocycles. The van der Waals surface area contributed by atoms with Gasteiger partial charge in [0, 0.05) is 16.0 Å². The molecule has 1 unspecified atom stereocenters. The van der Waals surface area contributed by atoms with E-state index < -0.39 is 0 Å². The van der Waals surface area contributed by atoms with Crippen LogP contribution in [0.15, 0.2) is 52.9 Å². The molecule has 0 aliphatic rings. The van der Waals surface area contributed by atoms with Crippen molar-refractivity contribution in [2.45, 2.75) is 19.4 Å². The minimum atomic E-state index is 0.219. The Morgan fingerprint density at radius 2 is 1.90 bits per heavy atom. The van der Waals surface area contributed by atoms with Crippen LogP contribution >= 0.6 is 22.6 Å². The Morgan fingerprint density at radius 1 is 1.14 bits per heavy atom. The molecule has 0 aliphatic heterocycles. The maximum absolute atomic E-state index is 5.85. The highest BCUT2D eigenvalue weighted by Gasteiger charge is 2.17. The Morgan fingerprint density at radius 3 is 2.67 bits per heavy atom. The maximum atomic E-state index is 5.85. The van der Waals surface area contributed by atoms with Crippen LogP contribution in [0.3, 0.4) is 0 Å². The van der Waals surface area contributed by atoms with Gasteiger partial charge in [0.2, 0.25) is 0 Å². The number of nitrogens with one attached hydrogen (secondary N) is 1. The van der Waals surface area contributed by atoms with E-state index in [1.165, 1.54) is 9.13 Å². The highest BCUT2D eigenvalue weighted by molar-refractivity contribution is 14.1. The molecule has 0 saturated heterocycles. The second-order valence-electron chi connectivity index (χ2n) is 4.91. The van der Waals surface area contributed by atoms with Gasteiger partial charge in [-0.1, -0.05) is 37.3 Å². The lowest BCUT2D eigenvalue weighted by atomic mass is 10.0. The Bertz CT molecular complexity index is 705. The van der Waals surface area contributed by atoms with Crippen LogP contribution in [-0.4, -0.2) is 11.5 Å². The van der Waals surface area contributed by atoms with E-state index in [2.05, 4.69) is 64.1 Å². The SMILES string of the molecule is CCNC(Cc1nc2ccccc2o1)c1ccccc1I. The van der Waals surface area contributed by atoms with Crippen LogP contribution in [0.2, 0.25) is 0 Å². The van der Waals surface area contributed by atoms with Crippen LogP contribution < -0.4 is 5.32 Å². The smallest absolute Gasteiger partial charge is 0.197 e. The van der Waals surface area contributed by atoms with Crippen molar-refractivity contribution in [3.05, 3.63) is 63.6 Å². The molecule has 0 bridgehead atoms. The molecule has 3 rings (SSSR count). The number of hydrogen-bond acceptors (Lipinski definition) is 3. The van der Waals surface area contributed by atoms with Crippen molar-refractivity contribution >= 4 is 33.7 Å². The molecular weight excluding hydrogens is 375 g/mol. The first-order valence-corrected chi connectivity index (χ1v) is 8.18. The van der Waals surface area contributed by atoms with Crippen LogP contribution in [-0.2, 0) is 6.42 Å². The first-order valence-electron chi connectivity index (χ1n) is 7.10. The van der Waals surface area contributed by atoms with Crippen LogP contribution in [0.5, 0.6) is 0 Å². The lowest BCUT2D eigenvalue weighted by Crippen LogP contribution is -2.23. The van der Waals surface area contributed by atoms with Gasteiger partial charge < -0.3 is 9.73 Å². The number of hydrogen-bond donors (Lipinski definition) is 1. The van der Waals surface area contributed by atoms with E-state index in [0.29, 0.717) is 0 Å². The standard InChI is InChI=1S/C17H17IN2O/c1-2-19-15(12-7-3-4-8-13(12)18)11-17-20-14-9-5-6-10-16(14)21-17/h3-10,15,19H,2,11H2,1H3. The van der Waals surface area contributed by atoms with Crippen molar-refractivity contribution in [3.63, 3.8) is 0 Å². The van der Waals surface area contributed by atoms with Crippen LogP contribution in [0, 0.1) is 3.57 Å². The van der Waals surface area contributed by atoms with Crippen molar-refractivity contribution < 1.29 is 4.42 Å². The van der Waals surface area contributed by atoms with Crippen LogP contribution in [0.25, 0.3) is 11.1 Å². The molecular formula is C17H17IN2O. The second-order valence-corrected chi connectivity index (χ2v) is 6.07. The molecule has 0 aliphatic carbocycles. The summed E-state index contributed by atoms with van der Waals surface area (Å²) in [5.74, 6) is 0.779. The van der Waals surface area contributed by atoms with E-state index in [1.807, 2.05) is 24.3 Å². The summed E-state index contributed by atoms with van der Waals surface area (Å²) >= 11 is 2.38. The highest BCUT2D eigenvalue weighted by Crippen LogP contribution is 2.24. The summed E-state index contributed by atoms with van der Waals surface area (Å²) in [5.41, 5.74) is 3.07. The number of benzene rings is 2. The first kappa shape index (κ1) is 14.5. The number of para-hydroxylation sites is 2. The quantitative estimate of drug-likeness (QED) is 0.657. The molecule has 3 aromatic rings. The van der Waals surface area contributed by atoms with Gasteiger partial charge in [0.05, 0.1) is 0 Å². The lowest BCUT2D eigenvalue weighted by molar-refractivity contribution is 0.459. The molecule has 1 aromatic heterocycles. The fraction of sp³-hybridized carbons (Fsp3) is 0.235. The number of aromatic nitrogens is 1. The van der Waals surface area contributed by atoms with Crippen molar-refractivity contribution in [3.8, 4) is 0 Å². The van der Waals surface area contributed by atoms with Gasteiger partial charge in [-0.05, 0) is 52.9 Å². The largest absolute Gasteiger partial charge is 0.441 e. The van der Waals surface area contributed by atoms with Gasteiger partial charge in [-0.15, -0.1) is 0 Å². The molecule has 0 spiro atoms. The molecule has 4 heteroatoms. The number of rotatable bonds is 5. The number of halogens is 1. The lowest BCUT2D eigenvalue weighted by Gasteiger charge is -2.18. The predicted octanol–water partition coefficient (Wildman–Crippen LogP) is 4.33. The van der Waals surface area contributed by atoms with Gasteiger partial charge in [-0.3, -0.25) is 0 Å². The summed E-state index contributed by atoms with van der Waals surface area (Å²) in [7, 11) is 0. The zero-order chi connectivity index (χ0) is 14.7. The summed E-state index contributed by atoms with van der Waals surface area (Å²) < 4.78 is 7.11. The zero-order valence-corrected chi connectivity index (χ0v) is 14.0. The molecule has 108 valence electrons. The van der Waals surface area contributed by atoms with E-state index >= 15 is 0 Å². The van der Waals surface area contributed by atoms with E-state index in [4.69, 9.17) is 4.42 Å². The van der Waals surface area contributed by atoms with E-state index in [1.54, 1.807) is 0 Å². The average molecular weight is 392 g/mol. The fourth-order valence-electron chi connectivity index (χ4n) is 2.48. The zero-order valence-electron chi connectivity index (χ0n) is 11.8. The van der Waals surface area contributed by atoms with E-state index in [-0.39, 0.29) is 6.04 Å². The summed E-state index contributed by atoms with van der Waals surface area (Å²) in [6.45, 7) is 3.03. The molecule has 3 nitrogen and oxygen atoms in total. The predicted molar refractivity (Wildman–Crippen MR) is 93.3 cm³/mol. The average Bonchev–Trinajstić information content (AvgIpc) is 2.89. The Kier molecular flexibility index (Phi) is 4.55. The first-order chi connectivity index (χ1) is 10.3. The van der Waals surface area contributed by atoms with Crippen molar-refractivity contribution in [2.75, 3.05) is 6.54 Å². The summed E-state index contributed by atoms with van der Waals surface area (Å²) in [6.07, 6.45) is 0.753. The summed E-state index contributed by atoms with van der Waals surface area (Å²) in [5, 5.41) is 3.53. The Labute approximate surface area is 137 Å². The number of nitrogens with zero attached hydrogens (tertiary/aromatic N) is 1. The molecule has 0 amide bonds. The number of oxazole rings is 1. The van der Waals surface area contributed by atoms with Gasteiger partial charge in [-0.25, -0.2) is 4.98 Å². The molecule has 1 heterocycles. The van der Waals surface area contributed by atoms with Gasteiger partial charge >= 0.3 is 0 Å². The van der Waals surface area contributed by atoms with Crippen LogP contribution in [0.1, 0.15) is 24.4 Å². The third-order valence-electron chi connectivity index (χ3n) is 3.45. The fourth-order valence-corrected chi connectivity index (χ4v) is 3.24. The third kappa shape index (κ3) is 3.27. The molecule has 0 radical (unpaired) electrons. The highest BCUT2D eigenvalue weighted by atomic mass is 127. The van der Waals surface area contributed by atoms with Crippen molar-refractivity contribution in [1.82, 2.24) is 10.3 Å². The van der Waals surface area contributed by atoms with Gasteiger partial charge in [0.25, 0.3) is 0 Å². The number of likely N-dealkylation sites (N-methyl/N-ethyl adjacent to an activating group) is 1. The molecule has 1 atom stereocenters. The molecule has 1 N–H and O–H groups in total. The third-order valence-corrected chi connectivity index (χ3v) is 4.43. The monoisotopic (exact) mass is 392 g/mol. The molecule has 2 aromatic carbocycles. The van der Waals surface area contributed by atoms with Crippen molar-refractivity contribution in [1.29, 1.82) is 0 Å². The van der Waals surface area contributed by atoms with Gasteiger partial charge in [0.1, 0.15) is 5.52 Å². The topological polar surface area (TPSA) is 38.1 Å². The summed E-state index contributed by atoms with van der Waals surface area (Å²) in [4.78, 5) is 4.58. The van der Waals surface area contributed by atoms with Crippen molar-refractivity contribution in [2.24, 2.45) is 0 Å². The second kappa shape index (κ2) is 6.58. The molecule has 21 heavy (non-hydrogen) atoms. The molecule has 0 fully saturated rings. The Hall–Kier alpha value is -1.40.